The van der Waals surface area contributed by atoms with E-state index >= 15 is 0 Å². The van der Waals surface area contributed by atoms with E-state index in [4.69, 9.17) is 0 Å². The van der Waals surface area contributed by atoms with Gasteiger partial charge in [0.1, 0.15) is 0 Å². The molecule has 3 saturated carbocycles. The second kappa shape index (κ2) is 1.76. The van der Waals surface area contributed by atoms with E-state index in [1.165, 1.54) is 19.3 Å². The van der Waals surface area contributed by atoms with Crippen LogP contribution < -0.4 is 6.15 Å². The lowest BCUT2D eigenvalue weighted by Gasteiger charge is -2.42. The van der Waals surface area contributed by atoms with Crippen molar-refractivity contribution in [3.8, 4) is 0 Å². The molecule has 0 spiro atoms. The van der Waals surface area contributed by atoms with Crippen molar-refractivity contribution < 1.29 is 0 Å². The van der Waals surface area contributed by atoms with Gasteiger partial charge in [-0.05, 0) is 36.0 Å². The fourth-order valence-corrected chi connectivity index (χ4v) is 2.88. The molecule has 60 valence electrons. The summed E-state index contributed by atoms with van der Waals surface area (Å²) in [6.45, 7) is 7.32. The maximum Gasteiger partial charge on any atom is -0.0269 e. The summed E-state index contributed by atoms with van der Waals surface area (Å²) in [5.41, 5.74) is 1.40. The molecule has 0 aromatic heterocycles. The maximum atomic E-state index is 2.45. The van der Waals surface area contributed by atoms with Crippen molar-refractivity contribution >= 4 is 0 Å². The first-order valence-electron chi connectivity index (χ1n) is 4.04. The fourth-order valence-electron chi connectivity index (χ4n) is 2.88. The molecule has 0 heterocycles. The molecule has 0 aliphatic heterocycles. The molecule has 3 aliphatic rings. The summed E-state index contributed by atoms with van der Waals surface area (Å²) in [7, 11) is 0. The highest BCUT2D eigenvalue weighted by atomic mass is 14.6. The number of rotatable bonds is 0. The molecule has 0 amide bonds. The molecule has 3 N–H and O–H groups in total. The third-order valence-corrected chi connectivity index (χ3v) is 3.91. The molecule has 1 heteroatoms. The molecular formula is C9H19N. The van der Waals surface area contributed by atoms with Crippen molar-refractivity contribution in [1.82, 2.24) is 6.15 Å². The summed E-state index contributed by atoms with van der Waals surface area (Å²) in [4.78, 5) is 0. The van der Waals surface area contributed by atoms with E-state index in [1.807, 2.05) is 0 Å². The van der Waals surface area contributed by atoms with Gasteiger partial charge in [0.25, 0.3) is 0 Å². The fraction of sp³-hybridized carbons (Fsp3) is 1.00. The monoisotopic (exact) mass is 141 g/mol. The highest BCUT2D eigenvalue weighted by molar-refractivity contribution is 5.08. The van der Waals surface area contributed by atoms with E-state index in [0.29, 0.717) is 5.41 Å². The van der Waals surface area contributed by atoms with Crippen LogP contribution in [0.1, 0.15) is 40.0 Å². The van der Waals surface area contributed by atoms with Gasteiger partial charge in [0.05, 0.1) is 0 Å². The van der Waals surface area contributed by atoms with Gasteiger partial charge >= 0.3 is 0 Å². The largest absolute Gasteiger partial charge is 0.344 e. The molecular weight excluding hydrogens is 122 g/mol. The van der Waals surface area contributed by atoms with Crippen LogP contribution in [0.4, 0.5) is 0 Å². The average Bonchev–Trinajstić information content (AvgIpc) is 1.85. The minimum absolute atomic E-state index is 0. The SMILES string of the molecule is CC1(C)CC2CC1(C)C2.N. The van der Waals surface area contributed by atoms with Crippen LogP contribution in [0.15, 0.2) is 0 Å². The summed E-state index contributed by atoms with van der Waals surface area (Å²) >= 11 is 0. The Morgan fingerprint density at radius 2 is 1.50 bits per heavy atom. The van der Waals surface area contributed by atoms with Crippen LogP contribution in [0, 0.1) is 16.7 Å². The van der Waals surface area contributed by atoms with Crippen molar-refractivity contribution in [3.63, 3.8) is 0 Å². The summed E-state index contributed by atoms with van der Waals surface area (Å²) in [5, 5.41) is 0. The summed E-state index contributed by atoms with van der Waals surface area (Å²) in [5.74, 6) is 1.10. The zero-order valence-electron chi connectivity index (χ0n) is 7.41. The molecule has 0 unspecified atom stereocenters. The van der Waals surface area contributed by atoms with E-state index in [-0.39, 0.29) is 6.15 Å². The van der Waals surface area contributed by atoms with Crippen LogP contribution in [0.3, 0.4) is 0 Å². The second-order valence-corrected chi connectivity index (χ2v) is 4.92. The Hall–Kier alpha value is -0.0400. The Morgan fingerprint density at radius 1 is 1.00 bits per heavy atom. The Balaban J connectivity index is 0.000000500. The normalized spacial score (nSPS) is 47.7. The van der Waals surface area contributed by atoms with Gasteiger partial charge in [-0.1, -0.05) is 20.8 Å². The molecule has 3 aliphatic carbocycles. The predicted molar refractivity (Wildman–Crippen MR) is 44.3 cm³/mol. The van der Waals surface area contributed by atoms with Crippen LogP contribution in [-0.2, 0) is 0 Å². The van der Waals surface area contributed by atoms with Gasteiger partial charge in [-0.2, -0.15) is 0 Å². The number of hydrogen-bond acceptors (Lipinski definition) is 1. The van der Waals surface area contributed by atoms with Gasteiger partial charge in [0, 0.05) is 0 Å². The highest BCUT2D eigenvalue weighted by Gasteiger charge is 2.58. The summed E-state index contributed by atoms with van der Waals surface area (Å²) in [6.07, 6.45) is 4.52. The molecule has 10 heavy (non-hydrogen) atoms. The molecule has 3 fully saturated rings. The van der Waals surface area contributed by atoms with Crippen molar-refractivity contribution in [1.29, 1.82) is 0 Å². The van der Waals surface area contributed by atoms with Gasteiger partial charge in [-0.25, -0.2) is 0 Å². The molecule has 0 radical (unpaired) electrons. The van der Waals surface area contributed by atoms with Crippen LogP contribution in [0.2, 0.25) is 0 Å². The van der Waals surface area contributed by atoms with Crippen LogP contribution in [-0.4, -0.2) is 0 Å². The first-order valence-corrected chi connectivity index (χ1v) is 4.04. The van der Waals surface area contributed by atoms with Gasteiger partial charge in [-0.15, -0.1) is 0 Å². The van der Waals surface area contributed by atoms with Crippen LogP contribution in [0.5, 0.6) is 0 Å². The van der Waals surface area contributed by atoms with Gasteiger partial charge in [-0.3, -0.25) is 0 Å². The third-order valence-electron chi connectivity index (χ3n) is 3.91. The lowest BCUT2D eigenvalue weighted by molar-refractivity contribution is 0.0823. The minimum atomic E-state index is 0. The zero-order chi connectivity index (χ0) is 6.70. The van der Waals surface area contributed by atoms with Crippen molar-refractivity contribution in [2.24, 2.45) is 16.7 Å². The first kappa shape index (κ1) is 8.06. The summed E-state index contributed by atoms with van der Waals surface area (Å²) in [6, 6.07) is 0. The van der Waals surface area contributed by atoms with Gasteiger partial charge in [0.2, 0.25) is 0 Å². The molecule has 0 atom stereocenters. The predicted octanol–water partition coefficient (Wildman–Crippen LogP) is 2.99. The Kier molecular flexibility index (Phi) is 1.42. The Bertz CT molecular complexity index is 140. The molecule has 3 rings (SSSR count). The Morgan fingerprint density at radius 3 is 1.60 bits per heavy atom. The van der Waals surface area contributed by atoms with E-state index in [2.05, 4.69) is 20.8 Å². The number of fused-ring (bicyclic) bond motifs is 1. The van der Waals surface area contributed by atoms with Crippen molar-refractivity contribution in [2.45, 2.75) is 40.0 Å². The maximum absolute atomic E-state index is 2.45. The quantitative estimate of drug-likeness (QED) is 0.553. The molecule has 0 saturated heterocycles. The highest BCUT2D eigenvalue weighted by Crippen LogP contribution is 2.68. The van der Waals surface area contributed by atoms with Crippen molar-refractivity contribution in [3.05, 3.63) is 0 Å². The smallest absolute Gasteiger partial charge is 0.0269 e. The van der Waals surface area contributed by atoms with E-state index in [1.54, 1.807) is 0 Å². The molecule has 0 aromatic carbocycles. The zero-order valence-corrected chi connectivity index (χ0v) is 7.41. The van der Waals surface area contributed by atoms with Gasteiger partial charge in [0.15, 0.2) is 0 Å². The third kappa shape index (κ3) is 0.672. The Labute approximate surface area is 63.8 Å². The molecule has 0 aromatic rings. The number of hydrogen-bond donors (Lipinski definition) is 1. The van der Waals surface area contributed by atoms with Crippen molar-refractivity contribution in [2.75, 3.05) is 0 Å². The standard InChI is InChI=1S/C9H16.H3N/c1-8(2)4-7-5-9(8,3)6-7;/h7H,4-6H2,1-3H3;1H3. The van der Waals surface area contributed by atoms with E-state index < -0.39 is 0 Å². The first-order chi connectivity index (χ1) is 4.04. The lowest BCUT2D eigenvalue weighted by Crippen LogP contribution is -2.32. The second-order valence-electron chi connectivity index (χ2n) is 4.92. The van der Waals surface area contributed by atoms with Crippen LogP contribution >= 0.6 is 0 Å². The molecule has 2 bridgehead atoms. The van der Waals surface area contributed by atoms with E-state index in [0.717, 1.165) is 11.3 Å². The lowest BCUT2D eigenvalue weighted by atomic mass is 9.63. The molecule has 1 nitrogen and oxygen atoms in total. The topological polar surface area (TPSA) is 35.0 Å². The summed E-state index contributed by atoms with van der Waals surface area (Å²) < 4.78 is 0. The van der Waals surface area contributed by atoms with Gasteiger partial charge < -0.3 is 6.15 Å². The van der Waals surface area contributed by atoms with E-state index in [9.17, 15) is 0 Å². The minimum Gasteiger partial charge on any atom is -0.344 e. The van der Waals surface area contributed by atoms with Crippen LogP contribution in [0.25, 0.3) is 0 Å². The average molecular weight is 141 g/mol.